The number of rotatable bonds is 5. The van der Waals surface area contributed by atoms with Gasteiger partial charge in [-0.15, -0.1) is 0 Å². The van der Waals surface area contributed by atoms with Crippen LogP contribution < -0.4 is 0 Å². The Bertz CT molecular complexity index is 173. The summed E-state index contributed by atoms with van der Waals surface area (Å²) >= 11 is 0. The van der Waals surface area contributed by atoms with Crippen molar-refractivity contribution in [3.63, 3.8) is 0 Å². The zero-order valence-electron chi connectivity index (χ0n) is 8.91. The molecule has 0 bridgehead atoms. The van der Waals surface area contributed by atoms with Crippen molar-refractivity contribution in [3.8, 4) is 0 Å². The summed E-state index contributed by atoms with van der Waals surface area (Å²) in [4.78, 5) is 0. The minimum atomic E-state index is -3.70. The van der Waals surface area contributed by atoms with E-state index in [2.05, 4.69) is 0 Å². The summed E-state index contributed by atoms with van der Waals surface area (Å²) in [5.41, 5.74) is 0. The average Bonchev–Trinajstić information content (AvgIpc) is 1.78. The van der Waals surface area contributed by atoms with Crippen LogP contribution in [0.1, 0.15) is 35.5 Å². The Labute approximate surface area is 101 Å². The molecule has 0 aliphatic heterocycles. The molecule has 0 aromatic carbocycles. The van der Waals surface area contributed by atoms with Crippen LogP contribution in [-0.2, 0) is 10.1 Å². The maximum atomic E-state index is 10.1. The second kappa shape index (κ2) is 7.80. The van der Waals surface area contributed by atoms with E-state index in [0.29, 0.717) is 6.42 Å². The first kappa shape index (κ1) is 14.7. The summed E-state index contributed by atoms with van der Waals surface area (Å²) in [7, 11) is -3.70. The van der Waals surface area contributed by atoms with Gasteiger partial charge in [-0.2, -0.15) is 8.42 Å². The Morgan fingerprint density at radius 2 is 1.82 bits per heavy atom. The Morgan fingerprint density at radius 1 is 1.27 bits per heavy atom. The van der Waals surface area contributed by atoms with Crippen molar-refractivity contribution >= 4 is 47.9 Å². The predicted molar refractivity (Wildman–Crippen MR) is 48.5 cm³/mol. The molecule has 0 rings (SSSR count). The fourth-order valence-electron chi connectivity index (χ4n) is 0.711. The fraction of sp³-hybridized carbons (Fsp3) is 1.00. The van der Waals surface area contributed by atoms with Crippen molar-refractivity contribution in [2.45, 2.75) is 32.6 Å². The third-order valence-electron chi connectivity index (χ3n) is 1.26. The normalized spacial score (nSPS) is 10.7. The van der Waals surface area contributed by atoms with Gasteiger partial charge in [0.15, 0.2) is 0 Å². The van der Waals surface area contributed by atoms with E-state index >= 15 is 0 Å². The van der Waals surface area contributed by atoms with E-state index in [4.69, 9.17) is 4.55 Å². The van der Waals surface area contributed by atoms with Gasteiger partial charge in [0.1, 0.15) is 0 Å². The predicted octanol–water partition coefficient (Wildman–Crippen LogP) is 1.30. The molecule has 0 fully saturated rings. The first-order valence-corrected chi connectivity index (χ1v) is 5.12. The van der Waals surface area contributed by atoms with Gasteiger partial charge in [0.05, 0.1) is 5.75 Å². The van der Waals surface area contributed by atoms with Gasteiger partial charge in [0.25, 0.3) is 10.1 Å². The molecule has 0 saturated heterocycles. The van der Waals surface area contributed by atoms with Crippen molar-refractivity contribution in [1.82, 2.24) is 0 Å². The van der Waals surface area contributed by atoms with Crippen LogP contribution in [0.5, 0.6) is 0 Å². The fourth-order valence-corrected chi connectivity index (χ4v) is 1.28. The van der Waals surface area contributed by atoms with Crippen LogP contribution in [0.15, 0.2) is 0 Å². The van der Waals surface area contributed by atoms with E-state index in [1.807, 2.05) is 6.92 Å². The molecule has 0 aliphatic carbocycles. The summed E-state index contributed by atoms with van der Waals surface area (Å²) < 4.78 is 28.6. The van der Waals surface area contributed by atoms with Crippen LogP contribution in [0.3, 0.4) is 0 Å². The van der Waals surface area contributed by atoms with E-state index in [1.165, 1.54) is 0 Å². The molecule has 0 amide bonds. The molecule has 0 saturated carbocycles. The maximum absolute atomic E-state index is 10.1. The smallest absolute Gasteiger partial charge is 1.00 e. The molecule has 0 spiro atoms. The Morgan fingerprint density at radius 3 is 2.18 bits per heavy atom. The molecule has 11 heavy (non-hydrogen) atoms. The molecule has 0 heterocycles. The van der Waals surface area contributed by atoms with E-state index in [1.54, 1.807) is 0 Å². The Kier molecular flexibility index (Phi) is 10.4. The minimum absolute atomic E-state index is 0. The molecule has 0 aromatic heterocycles. The molecular formula is C6H16CaO3S. The minimum Gasteiger partial charge on any atom is -1.00 e. The van der Waals surface area contributed by atoms with Gasteiger partial charge in [0, 0.05) is 0 Å². The molecule has 3 nitrogen and oxygen atoms in total. The van der Waals surface area contributed by atoms with Crippen molar-refractivity contribution in [3.05, 3.63) is 0 Å². The first-order valence-electron chi connectivity index (χ1n) is 3.51. The number of unbranched alkanes of at least 4 members (excludes halogenated alkanes) is 3. The van der Waals surface area contributed by atoms with E-state index in [-0.39, 0.29) is 46.3 Å². The monoisotopic (exact) mass is 208 g/mol. The first-order chi connectivity index (χ1) is 4.56. The summed E-state index contributed by atoms with van der Waals surface area (Å²) in [5, 5.41) is 0. The van der Waals surface area contributed by atoms with Gasteiger partial charge < -0.3 is 2.85 Å². The van der Waals surface area contributed by atoms with E-state index in [0.717, 1.165) is 19.3 Å². The molecule has 1 N–H and O–H groups in total. The van der Waals surface area contributed by atoms with Gasteiger partial charge in [0.2, 0.25) is 0 Å². The zero-order chi connectivity index (χ0) is 8.04. The Hall–Kier alpha value is 1.17. The quantitative estimate of drug-likeness (QED) is 0.421. The van der Waals surface area contributed by atoms with Gasteiger partial charge in [-0.05, 0) is 6.42 Å². The van der Waals surface area contributed by atoms with Gasteiger partial charge in [-0.1, -0.05) is 26.2 Å². The van der Waals surface area contributed by atoms with Crippen molar-refractivity contribution in [2.24, 2.45) is 0 Å². The third-order valence-corrected chi connectivity index (χ3v) is 2.06. The zero-order valence-corrected chi connectivity index (χ0v) is 9.94. The summed E-state index contributed by atoms with van der Waals surface area (Å²) in [6.07, 6.45) is 3.57. The maximum Gasteiger partial charge on any atom is 2.00 e. The van der Waals surface area contributed by atoms with Gasteiger partial charge in [-0.3, -0.25) is 4.55 Å². The Balaban J connectivity index is -0.000000135. The topological polar surface area (TPSA) is 54.4 Å². The molecule has 66 valence electrons. The van der Waals surface area contributed by atoms with Crippen molar-refractivity contribution in [1.29, 1.82) is 0 Å². The second-order valence-corrected chi connectivity index (χ2v) is 3.92. The summed E-state index contributed by atoms with van der Waals surface area (Å²) in [6, 6.07) is 0. The van der Waals surface area contributed by atoms with Crippen molar-refractivity contribution in [2.75, 3.05) is 5.75 Å². The molecule has 0 radical (unpaired) electrons. The van der Waals surface area contributed by atoms with Crippen LogP contribution in [0.25, 0.3) is 0 Å². The van der Waals surface area contributed by atoms with Gasteiger partial charge in [-0.25, -0.2) is 0 Å². The summed E-state index contributed by atoms with van der Waals surface area (Å²) in [5.74, 6) is -0.0903. The van der Waals surface area contributed by atoms with E-state index < -0.39 is 10.1 Å². The molecule has 0 aliphatic rings. The number of hydrogen-bond acceptors (Lipinski definition) is 2. The average molecular weight is 208 g/mol. The molecule has 0 aromatic rings. The second-order valence-electron chi connectivity index (χ2n) is 2.35. The largest absolute Gasteiger partial charge is 2.00 e. The molecule has 0 atom stereocenters. The molecular weight excluding hydrogens is 192 g/mol. The van der Waals surface area contributed by atoms with E-state index in [9.17, 15) is 8.42 Å². The SMILES string of the molecule is CCCCCCS(=O)(=O)O.[Ca+2].[H-].[H-]. The number of hydrogen-bond donors (Lipinski definition) is 1. The van der Waals surface area contributed by atoms with Crippen molar-refractivity contribution < 1.29 is 15.8 Å². The molecule has 0 unspecified atom stereocenters. The van der Waals surface area contributed by atoms with Crippen LogP contribution in [-0.4, -0.2) is 56.5 Å². The summed E-state index contributed by atoms with van der Waals surface area (Å²) in [6.45, 7) is 2.05. The van der Waals surface area contributed by atoms with Crippen LogP contribution >= 0.6 is 0 Å². The van der Waals surface area contributed by atoms with Gasteiger partial charge >= 0.3 is 37.7 Å². The third kappa shape index (κ3) is 14.1. The van der Waals surface area contributed by atoms with Crippen LogP contribution in [0.4, 0.5) is 0 Å². The van der Waals surface area contributed by atoms with Crippen LogP contribution in [0.2, 0.25) is 0 Å². The standard InChI is InChI=1S/C6H14O3S.Ca.2H/c1-2-3-4-5-6-10(7,8)9;;;/h2-6H2,1H3,(H,7,8,9);;;/q;+2;2*-1. The molecule has 5 heteroatoms. The van der Waals surface area contributed by atoms with Crippen LogP contribution in [0, 0.1) is 0 Å².